The van der Waals surface area contributed by atoms with Gasteiger partial charge in [0, 0.05) is 18.8 Å². The van der Waals surface area contributed by atoms with Crippen molar-refractivity contribution < 1.29 is 4.65 Å². The standard InChI is InChI=1S/C16H20BNO/c1-3-7-15(8-4-1)11-12-17-19-14-13-18-16-9-5-2-6-10-16/h1-10,17-18H,11-14H2. The predicted octanol–water partition coefficient (Wildman–Crippen LogP) is 3.13. The summed E-state index contributed by atoms with van der Waals surface area (Å²) in [6.45, 7) is 1.61. The van der Waals surface area contributed by atoms with Gasteiger partial charge < -0.3 is 9.97 Å². The molecule has 2 aromatic rings. The van der Waals surface area contributed by atoms with E-state index in [1.54, 1.807) is 0 Å². The highest BCUT2D eigenvalue weighted by Gasteiger charge is 1.95. The number of hydrogen-bond donors (Lipinski definition) is 1. The molecule has 0 aliphatic carbocycles. The lowest BCUT2D eigenvalue weighted by atomic mass is 9.90. The summed E-state index contributed by atoms with van der Waals surface area (Å²) in [6, 6.07) is 20.8. The fraction of sp³-hybridized carbons (Fsp3) is 0.250. The van der Waals surface area contributed by atoms with Gasteiger partial charge in [-0.05, 0) is 30.4 Å². The maximum atomic E-state index is 5.61. The third-order valence-corrected chi connectivity index (χ3v) is 2.95. The lowest BCUT2D eigenvalue weighted by molar-refractivity contribution is 0.351. The Bertz CT molecular complexity index is 403. The molecule has 0 aliphatic heterocycles. The van der Waals surface area contributed by atoms with E-state index < -0.39 is 0 Å². The molecule has 19 heavy (non-hydrogen) atoms. The topological polar surface area (TPSA) is 21.3 Å². The number of rotatable bonds is 8. The number of anilines is 1. The quantitative estimate of drug-likeness (QED) is 0.576. The van der Waals surface area contributed by atoms with E-state index in [0.717, 1.165) is 39.1 Å². The van der Waals surface area contributed by atoms with Crippen molar-refractivity contribution in [3.05, 3.63) is 66.2 Å². The van der Waals surface area contributed by atoms with Crippen LogP contribution in [0.5, 0.6) is 0 Å². The first-order valence-electron chi connectivity index (χ1n) is 6.86. The van der Waals surface area contributed by atoms with Crippen molar-refractivity contribution in [1.82, 2.24) is 0 Å². The second-order valence-electron chi connectivity index (χ2n) is 4.49. The molecule has 0 spiro atoms. The molecule has 0 radical (unpaired) electrons. The van der Waals surface area contributed by atoms with Crippen LogP contribution in [0.1, 0.15) is 5.56 Å². The Kier molecular flexibility index (Phi) is 6.04. The van der Waals surface area contributed by atoms with Crippen LogP contribution in [0.4, 0.5) is 5.69 Å². The highest BCUT2D eigenvalue weighted by Crippen LogP contribution is 2.04. The van der Waals surface area contributed by atoms with Crippen molar-refractivity contribution >= 4 is 13.2 Å². The maximum absolute atomic E-state index is 5.61. The van der Waals surface area contributed by atoms with Crippen LogP contribution >= 0.6 is 0 Å². The number of hydrogen-bond acceptors (Lipinski definition) is 2. The molecular weight excluding hydrogens is 233 g/mol. The Morgan fingerprint density at radius 2 is 1.58 bits per heavy atom. The van der Waals surface area contributed by atoms with Gasteiger partial charge in [-0.2, -0.15) is 0 Å². The Balaban J connectivity index is 1.49. The Morgan fingerprint density at radius 1 is 0.895 bits per heavy atom. The zero-order valence-corrected chi connectivity index (χ0v) is 11.2. The van der Waals surface area contributed by atoms with Crippen LogP contribution in [0.15, 0.2) is 60.7 Å². The highest BCUT2D eigenvalue weighted by atomic mass is 16.4. The smallest absolute Gasteiger partial charge is 0.275 e. The minimum Gasteiger partial charge on any atom is -0.438 e. The van der Waals surface area contributed by atoms with Gasteiger partial charge in [0.2, 0.25) is 0 Å². The van der Waals surface area contributed by atoms with E-state index >= 15 is 0 Å². The second kappa shape index (κ2) is 8.38. The highest BCUT2D eigenvalue weighted by molar-refractivity contribution is 6.27. The van der Waals surface area contributed by atoms with E-state index in [-0.39, 0.29) is 0 Å². The SMILES string of the molecule is B(CCc1ccccc1)OCCNc1ccccc1. The van der Waals surface area contributed by atoms with Crippen LogP contribution in [0.25, 0.3) is 0 Å². The van der Waals surface area contributed by atoms with E-state index in [0.29, 0.717) is 0 Å². The fourth-order valence-corrected chi connectivity index (χ4v) is 1.95. The summed E-state index contributed by atoms with van der Waals surface area (Å²) >= 11 is 0. The van der Waals surface area contributed by atoms with Gasteiger partial charge in [0.25, 0.3) is 7.48 Å². The minimum atomic E-state index is 0.754. The molecule has 0 bridgehead atoms. The average molecular weight is 253 g/mol. The molecule has 0 heterocycles. The van der Waals surface area contributed by atoms with Gasteiger partial charge in [0.05, 0.1) is 0 Å². The van der Waals surface area contributed by atoms with E-state index in [4.69, 9.17) is 4.65 Å². The summed E-state index contributed by atoms with van der Waals surface area (Å²) in [7, 11) is 0.825. The summed E-state index contributed by atoms with van der Waals surface area (Å²) < 4.78 is 5.61. The molecule has 0 unspecified atom stereocenters. The maximum Gasteiger partial charge on any atom is 0.275 e. The predicted molar refractivity (Wildman–Crippen MR) is 83.0 cm³/mol. The minimum absolute atomic E-state index is 0.754. The first kappa shape index (κ1) is 13.7. The zero-order valence-electron chi connectivity index (χ0n) is 11.2. The van der Waals surface area contributed by atoms with Gasteiger partial charge in [0.1, 0.15) is 0 Å². The van der Waals surface area contributed by atoms with E-state index in [1.807, 2.05) is 18.2 Å². The van der Waals surface area contributed by atoms with Gasteiger partial charge >= 0.3 is 0 Å². The lowest BCUT2D eigenvalue weighted by Crippen LogP contribution is -2.11. The largest absolute Gasteiger partial charge is 0.438 e. The molecule has 2 rings (SSSR count). The fourth-order valence-electron chi connectivity index (χ4n) is 1.95. The van der Waals surface area contributed by atoms with Gasteiger partial charge in [-0.15, -0.1) is 0 Å². The molecule has 1 N–H and O–H groups in total. The zero-order chi connectivity index (χ0) is 13.2. The van der Waals surface area contributed by atoms with Crippen LogP contribution < -0.4 is 5.32 Å². The van der Waals surface area contributed by atoms with Gasteiger partial charge in [-0.1, -0.05) is 48.5 Å². The van der Waals surface area contributed by atoms with Crippen molar-refractivity contribution in [2.45, 2.75) is 12.7 Å². The van der Waals surface area contributed by atoms with Gasteiger partial charge in [-0.25, -0.2) is 0 Å². The molecule has 98 valence electrons. The summed E-state index contributed by atoms with van der Waals surface area (Å²) in [5.74, 6) is 0. The summed E-state index contributed by atoms with van der Waals surface area (Å²) in [4.78, 5) is 0. The van der Waals surface area contributed by atoms with Crippen LogP contribution in [-0.2, 0) is 11.1 Å². The van der Waals surface area contributed by atoms with Gasteiger partial charge in [0.15, 0.2) is 0 Å². The molecule has 2 nitrogen and oxygen atoms in total. The number of aryl methyl sites for hydroxylation is 1. The molecule has 0 aromatic heterocycles. The average Bonchev–Trinajstić information content (AvgIpc) is 2.48. The summed E-state index contributed by atoms with van der Waals surface area (Å²) in [6.07, 6.45) is 2.17. The molecule has 0 fully saturated rings. The molecule has 3 heteroatoms. The molecular formula is C16H20BNO. The molecule has 0 aliphatic rings. The number of benzene rings is 2. The lowest BCUT2D eigenvalue weighted by Gasteiger charge is -2.06. The van der Waals surface area contributed by atoms with Crippen LogP contribution in [0.2, 0.25) is 6.32 Å². The van der Waals surface area contributed by atoms with E-state index in [2.05, 4.69) is 47.8 Å². The van der Waals surface area contributed by atoms with Gasteiger partial charge in [-0.3, -0.25) is 0 Å². The normalized spacial score (nSPS) is 10.1. The number of nitrogens with one attached hydrogen (secondary N) is 1. The number of para-hydroxylation sites is 1. The Hall–Kier alpha value is -1.74. The first-order chi connectivity index (χ1) is 9.45. The van der Waals surface area contributed by atoms with Crippen molar-refractivity contribution in [2.24, 2.45) is 0 Å². The van der Waals surface area contributed by atoms with Crippen molar-refractivity contribution in [3.8, 4) is 0 Å². The van der Waals surface area contributed by atoms with Crippen LogP contribution in [0, 0.1) is 0 Å². The van der Waals surface area contributed by atoms with Crippen molar-refractivity contribution in [1.29, 1.82) is 0 Å². The molecule has 0 atom stereocenters. The first-order valence-corrected chi connectivity index (χ1v) is 6.86. The van der Waals surface area contributed by atoms with Crippen LogP contribution in [-0.4, -0.2) is 20.6 Å². The van der Waals surface area contributed by atoms with Crippen molar-refractivity contribution in [2.75, 3.05) is 18.5 Å². The molecule has 0 saturated carbocycles. The molecule has 0 saturated heterocycles. The molecule has 2 aromatic carbocycles. The summed E-state index contributed by atoms with van der Waals surface area (Å²) in [5.41, 5.74) is 2.53. The summed E-state index contributed by atoms with van der Waals surface area (Å²) in [5, 5.41) is 3.33. The second-order valence-corrected chi connectivity index (χ2v) is 4.49. The Morgan fingerprint density at radius 3 is 2.32 bits per heavy atom. The van der Waals surface area contributed by atoms with E-state index in [9.17, 15) is 0 Å². The monoisotopic (exact) mass is 253 g/mol. The Labute approximate surface area is 116 Å². The van der Waals surface area contributed by atoms with E-state index in [1.165, 1.54) is 5.56 Å². The third kappa shape index (κ3) is 5.62. The third-order valence-electron chi connectivity index (χ3n) is 2.95. The molecule has 0 amide bonds. The van der Waals surface area contributed by atoms with Crippen LogP contribution in [0.3, 0.4) is 0 Å². The van der Waals surface area contributed by atoms with Crippen molar-refractivity contribution in [3.63, 3.8) is 0 Å².